The van der Waals surface area contributed by atoms with Crippen molar-refractivity contribution in [3.8, 4) is 0 Å². The van der Waals surface area contributed by atoms with Gasteiger partial charge in [0.25, 0.3) is 0 Å². The molecule has 0 saturated heterocycles. The second-order valence-corrected chi connectivity index (χ2v) is 11.0. The first-order valence-corrected chi connectivity index (χ1v) is 9.92. The van der Waals surface area contributed by atoms with Gasteiger partial charge in [-0.05, 0) is 19.3 Å². The van der Waals surface area contributed by atoms with Crippen molar-refractivity contribution >= 4 is 8.07 Å². The van der Waals surface area contributed by atoms with Crippen LogP contribution in [0.4, 0.5) is 0 Å². The van der Waals surface area contributed by atoms with Gasteiger partial charge < -0.3 is 0 Å². The summed E-state index contributed by atoms with van der Waals surface area (Å²) in [5, 5.41) is 0. The zero-order valence-corrected chi connectivity index (χ0v) is 11.6. The number of hydrogen-bond donors (Lipinski definition) is 0. The first-order valence-electron chi connectivity index (χ1n) is 6.21. The fourth-order valence-electron chi connectivity index (χ4n) is 1.44. The van der Waals surface area contributed by atoms with Crippen LogP contribution in [0.15, 0.2) is 12.2 Å². The Hall–Kier alpha value is -0.0431. The fourth-order valence-corrected chi connectivity index (χ4v) is 2.47. The van der Waals surface area contributed by atoms with Gasteiger partial charge in [-0.3, -0.25) is 0 Å². The number of hydrogen-bond acceptors (Lipinski definition) is 0. The molecule has 0 atom stereocenters. The van der Waals surface area contributed by atoms with Crippen LogP contribution < -0.4 is 0 Å². The third-order valence-corrected chi connectivity index (χ3v) is 4.24. The molecule has 0 saturated carbocycles. The average Bonchev–Trinajstić information content (AvgIpc) is 2.08. The van der Waals surface area contributed by atoms with Crippen LogP contribution in [0.5, 0.6) is 0 Å². The van der Waals surface area contributed by atoms with Gasteiger partial charge in [0, 0.05) is 8.07 Å². The van der Waals surface area contributed by atoms with E-state index in [0.29, 0.717) is 0 Å². The van der Waals surface area contributed by atoms with E-state index in [2.05, 4.69) is 38.7 Å². The molecular formula is C13H28Si. The van der Waals surface area contributed by atoms with E-state index in [9.17, 15) is 0 Å². The summed E-state index contributed by atoms with van der Waals surface area (Å²) in [6.07, 6.45) is 12.9. The van der Waals surface area contributed by atoms with Gasteiger partial charge in [-0.1, -0.05) is 64.0 Å². The summed E-state index contributed by atoms with van der Waals surface area (Å²) in [7, 11) is -0.790. The first-order chi connectivity index (χ1) is 6.56. The summed E-state index contributed by atoms with van der Waals surface area (Å²) in [4.78, 5) is 0. The van der Waals surface area contributed by atoms with Crippen molar-refractivity contribution in [2.75, 3.05) is 0 Å². The van der Waals surface area contributed by atoms with Gasteiger partial charge in [-0.25, -0.2) is 0 Å². The summed E-state index contributed by atoms with van der Waals surface area (Å²) in [5.41, 5.74) is 0. The summed E-state index contributed by atoms with van der Waals surface area (Å²) < 4.78 is 0. The van der Waals surface area contributed by atoms with Crippen molar-refractivity contribution in [1.82, 2.24) is 0 Å². The van der Waals surface area contributed by atoms with E-state index >= 15 is 0 Å². The molecule has 0 aliphatic rings. The smallest absolute Gasteiger partial charge is 0.0445 e. The molecule has 0 radical (unpaired) electrons. The van der Waals surface area contributed by atoms with Crippen LogP contribution in [0, 0.1) is 0 Å². The van der Waals surface area contributed by atoms with Crippen molar-refractivity contribution in [2.24, 2.45) is 0 Å². The van der Waals surface area contributed by atoms with E-state index in [1.807, 2.05) is 0 Å². The van der Waals surface area contributed by atoms with Crippen LogP contribution in [-0.4, -0.2) is 8.07 Å². The van der Waals surface area contributed by atoms with Crippen molar-refractivity contribution < 1.29 is 0 Å². The Balaban J connectivity index is 3.20. The Morgan fingerprint density at radius 2 is 1.50 bits per heavy atom. The lowest BCUT2D eigenvalue weighted by atomic mass is 10.1. The molecule has 0 unspecified atom stereocenters. The highest BCUT2D eigenvalue weighted by atomic mass is 28.3. The van der Waals surface area contributed by atoms with Crippen molar-refractivity contribution in [2.45, 2.75) is 71.1 Å². The Kier molecular flexibility index (Phi) is 8.25. The van der Waals surface area contributed by atoms with E-state index < -0.39 is 8.07 Å². The maximum Gasteiger partial charge on any atom is 0.0445 e. The zero-order valence-electron chi connectivity index (χ0n) is 10.6. The molecule has 0 heterocycles. The topological polar surface area (TPSA) is 0 Å². The Morgan fingerprint density at radius 1 is 0.857 bits per heavy atom. The average molecular weight is 212 g/mol. The van der Waals surface area contributed by atoms with Crippen molar-refractivity contribution in [3.05, 3.63) is 12.2 Å². The Bertz CT molecular complexity index is 142. The zero-order chi connectivity index (χ0) is 10.9. The molecule has 0 aromatic heterocycles. The minimum Gasteiger partial charge on any atom is -0.0888 e. The predicted molar refractivity (Wildman–Crippen MR) is 70.7 cm³/mol. The molecule has 0 aromatic carbocycles. The maximum absolute atomic E-state index is 2.45. The molecular weight excluding hydrogens is 184 g/mol. The van der Waals surface area contributed by atoms with Crippen molar-refractivity contribution in [1.29, 1.82) is 0 Å². The van der Waals surface area contributed by atoms with Gasteiger partial charge >= 0.3 is 0 Å². The van der Waals surface area contributed by atoms with Gasteiger partial charge in [0.1, 0.15) is 0 Å². The largest absolute Gasteiger partial charge is 0.0888 e. The minimum absolute atomic E-state index is 0.790. The molecule has 0 spiro atoms. The monoisotopic (exact) mass is 212 g/mol. The molecule has 0 aliphatic heterocycles. The molecule has 0 N–H and O–H groups in total. The summed E-state index contributed by atoms with van der Waals surface area (Å²) in [6, 6.07) is 1.44. The normalized spacial score (nSPS) is 12.6. The highest BCUT2D eigenvalue weighted by Crippen LogP contribution is 2.11. The first kappa shape index (κ1) is 14.0. The molecule has 0 fully saturated rings. The Morgan fingerprint density at radius 3 is 2.07 bits per heavy atom. The summed E-state index contributed by atoms with van der Waals surface area (Å²) >= 11 is 0. The van der Waals surface area contributed by atoms with E-state index in [1.54, 1.807) is 0 Å². The second kappa shape index (κ2) is 8.28. The van der Waals surface area contributed by atoms with E-state index in [1.165, 1.54) is 44.6 Å². The second-order valence-electron chi connectivity index (χ2n) is 5.42. The molecule has 84 valence electrons. The highest BCUT2D eigenvalue weighted by molar-refractivity contribution is 6.76. The maximum atomic E-state index is 2.45. The molecule has 0 bridgehead atoms. The number of rotatable bonds is 8. The fraction of sp³-hybridized carbons (Fsp3) is 0.846. The van der Waals surface area contributed by atoms with Crippen LogP contribution in [0.3, 0.4) is 0 Å². The van der Waals surface area contributed by atoms with Gasteiger partial charge in [0.05, 0.1) is 0 Å². The summed E-state index contributed by atoms with van der Waals surface area (Å²) in [6.45, 7) is 9.61. The van der Waals surface area contributed by atoms with Gasteiger partial charge in [-0.2, -0.15) is 0 Å². The third kappa shape index (κ3) is 12.0. The molecule has 0 rings (SSSR count). The number of unbranched alkanes of at least 4 members (excludes halogenated alkanes) is 4. The van der Waals surface area contributed by atoms with Gasteiger partial charge in [0.15, 0.2) is 0 Å². The number of allylic oxidation sites excluding steroid dienone is 2. The Labute approximate surface area is 91.8 Å². The van der Waals surface area contributed by atoms with Crippen molar-refractivity contribution in [3.63, 3.8) is 0 Å². The molecule has 0 aliphatic carbocycles. The predicted octanol–water partition coefficient (Wildman–Crippen LogP) is 5.24. The lowest BCUT2D eigenvalue weighted by molar-refractivity contribution is 0.674. The van der Waals surface area contributed by atoms with Crippen LogP contribution in [0.25, 0.3) is 0 Å². The van der Waals surface area contributed by atoms with Gasteiger partial charge in [0.2, 0.25) is 0 Å². The quantitative estimate of drug-likeness (QED) is 0.293. The molecule has 1 heteroatoms. The highest BCUT2D eigenvalue weighted by Gasteiger charge is 2.10. The lowest BCUT2D eigenvalue weighted by Crippen LogP contribution is -2.18. The molecule has 14 heavy (non-hydrogen) atoms. The molecule has 0 nitrogen and oxygen atoms in total. The van der Waals surface area contributed by atoms with Crippen LogP contribution in [0.2, 0.25) is 25.7 Å². The minimum atomic E-state index is -0.790. The van der Waals surface area contributed by atoms with E-state index in [0.717, 1.165) is 0 Å². The summed E-state index contributed by atoms with van der Waals surface area (Å²) in [5.74, 6) is 0. The van der Waals surface area contributed by atoms with E-state index in [-0.39, 0.29) is 0 Å². The van der Waals surface area contributed by atoms with Crippen LogP contribution in [0.1, 0.15) is 45.4 Å². The molecule has 0 amide bonds. The third-order valence-electron chi connectivity index (χ3n) is 2.45. The van der Waals surface area contributed by atoms with Crippen LogP contribution in [-0.2, 0) is 0 Å². The SMILES string of the molecule is CCCCCC/C=C/CC[Si](C)(C)C. The van der Waals surface area contributed by atoms with Gasteiger partial charge in [-0.15, -0.1) is 0 Å². The van der Waals surface area contributed by atoms with Crippen LogP contribution >= 0.6 is 0 Å². The standard InChI is InChI=1S/C13H28Si/c1-5-6-7-8-9-10-11-12-13-14(2,3)4/h10-11H,5-9,12-13H2,1-4H3/b11-10+. The molecule has 0 aromatic rings. The lowest BCUT2D eigenvalue weighted by Gasteiger charge is -2.13. The van der Waals surface area contributed by atoms with E-state index in [4.69, 9.17) is 0 Å².